The Hall–Kier alpha value is -0.0800. The molecule has 1 N–H and O–H groups in total. The largest absolute Gasteiger partial charge is 0.390 e. The number of aliphatic hydroxyl groups is 1. The van der Waals surface area contributed by atoms with E-state index < -0.39 is 0 Å². The van der Waals surface area contributed by atoms with Crippen LogP contribution in [0.3, 0.4) is 0 Å². The van der Waals surface area contributed by atoms with Gasteiger partial charge in [-0.2, -0.15) is 0 Å². The zero-order valence-corrected chi connectivity index (χ0v) is 17.9. The summed E-state index contributed by atoms with van der Waals surface area (Å²) >= 11 is 0. The van der Waals surface area contributed by atoms with Crippen LogP contribution in [0.1, 0.15) is 135 Å². The molecule has 1 heterocycles. The first-order valence-electron chi connectivity index (χ1n) is 12.1. The van der Waals surface area contributed by atoms with E-state index in [1.807, 2.05) is 0 Å². The lowest BCUT2D eigenvalue weighted by Gasteiger charge is -2.06. The van der Waals surface area contributed by atoms with Crippen molar-refractivity contribution in [2.24, 2.45) is 0 Å². The summed E-state index contributed by atoms with van der Waals surface area (Å²) in [4.78, 5) is 0. The first kappa shape index (κ1) is 24.0. The SMILES string of the molecule is CCCCCCCCCCCCCCCCCCCCCC(O)C1CO1. The summed E-state index contributed by atoms with van der Waals surface area (Å²) in [6, 6.07) is 0. The molecule has 1 saturated heterocycles. The molecule has 1 rings (SSSR count). The molecule has 2 unspecified atom stereocenters. The lowest BCUT2D eigenvalue weighted by molar-refractivity contribution is 0.123. The van der Waals surface area contributed by atoms with Crippen molar-refractivity contribution < 1.29 is 9.84 Å². The monoisotopic (exact) mass is 368 g/mol. The van der Waals surface area contributed by atoms with Crippen molar-refractivity contribution in [3.05, 3.63) is 0 Å². The van der Waals surface area contributed by atoms with Crippen LogP contribution in [0.2, 0.25) is 0 Å². The Morgan fingerprint density at radius 3 is 1.23 bits per heavy atom. The van der Waals surface area contributed by atoms with Crippen molar-refractivity contribution in [2.45, 2.75) is 148 Å². The van der Waals surface area contributed by atoms with Crippen LogP contribution in [0.15, 0.2) is 0 Å². The summed E-state index contributed by atoms with van der Waals surface area (Å²) in [5, 5.41) is 9.71. The fourth-order valence-electron chi connectivity index (χ4n) is 3.90. The van der Waals surface area contributed by atoms with Crippen LogP contribution in [-0.4, -0.2) is 23.9 Å². The van der Waals surface area contributed by atoms with Crippen LogP contribution in [0.5, 0.6) is 0 Å². The molecule has 0 amide bonds. The van der Waals surface area contributed by atoms with E-state index in [9.17, 15) is 5.11 Å². The highest BCUT2D eigenvalue weighted by molar-refractivity contribution is 4.77. The van der Waals surface area contributed by atoms with E-state index in [0.29, 0.717) is 0 Å². The van der Waals surface area contributed by atoms with E-state index >= 15 is 0 Å². The summed E-state index contributed by atoms with van der Waals surface area (Å²) in [5.74, 6) is 0. The standard InChI is InChI=1S/C24H48O2/c1-2-3-4-5-6-7-8-9-10-11-12-13-14-15-16-17-18-19-20-21-23(25)24-22-26-24/h23-25H,2-22H2,1H3. The molecule has 0 aromatic rings. The average molecular weight is 369 g/mol. The molecule has 0 aromatic heterocycles. The molecule has 0 aliphatic carbocycles. The minimum absolute atomic E-state index is 0.172. The van der Waals surface area contributed by atoms with E-state index in [1.165, 1.54) is 122 Å². The van der Waals surface area contributed by atoms with Crippen molar-refractivity contribution in [3.8, 4) is 0 Å². The van der Waals surface area contributed by atoms with Gasteiger partial charge < -0.3 is 9.84 Å². The van der Waals surface area contributed by atoms with E-state index in [2.05, 4.69) is 6.92 Å². The maximum absolute atomic E-state index is 9.71. The minimum atomic E-state index is -0.194. The van der Waals surface area contributed by atoms with Gasteiger partial charge >= 0.3 is 0 Å². The zero-order valence-electron chi connectivity index (χ0n) is 17.9. The highest BCUT2D eigenvalue weighted by atomic mass is 16.6. The van der Waals surface area contributed by atoms with Gasteiger partial charge in [-0.1, -0.05) is 129 Å². The summed E-state index contributed by atoms with van der Waals surface area (Å²) in [5.41, 5.74) is 0. The summed E-state index contributed by atoms with van der Waals surface area (Å²) in [6.45, 7) is 3.07. The number of rotatable bonds is 21. The number of ether oxygens (including phenoxy) is 1. The van der Waals surface area contributed by atoms with Crippen molar-refractivity contribution in [1.29, 1.82) is 0 Å². The lowest BCUT2D eigenvalue weighted by atomic mass is 10.0. The number of unbranched alkanes of at least 4 members (excludes halogenated alkanes) is 18. The summed E-state index contributed by atoms with van der Waals surface area (Å²) in [6.07, 6.45) is 27.8. The molecule has 0 bridgehead atoms. The topological polar surface area (TPSA) is 32.8 Å². The summed E-state index contributed by atoms with van der Waals surface area (Å²) in [7, 11) is 0. The van der Waals surface area contributed by atoms with Crippen LogP contribution in [0, 0.1) is 0 Å². The predicted molar refractivity (Wildman–Crippen MR) is 114 cm³/mol. The second-order valence-corrected chi connectivity index (χ2v) is 8.59. The second kappa shape index (κ2) is 18.3. The van der Waals surface area contributed by atoms with Gasteiger partial charge in [0.15, 0.2) is 0 Å². The first-order chi connectivity index (χ1) is 12.8. The second-order valence-electron chi connectivity index (χ2n) is 8.59. The average Bonchev–Trinajstić information content (AvgIpc) is 3.48. The Morgan fingerprint density at radius 1 is 0.615 bits per heavy atom. The Morgan fingerprint density at radius 2 is 0.923 bits per heavy atom. The zero-order chi connectivity index (χ0) is 18.7. The van der Waals surface area contributed by atoms with Crippen LogP contribution in [0.25, 0.3) is 0 Å². The number of epoxide rings is 1. The van der Waals surface area contributed by atoms with Crippen LogP contribution >= 0.6 is 0 Å². The molecule has 26 heavy (non-hydrogen) atoms. The number of hydrogen-bond donors (Lipinski definition) is 1. The molecule has 0 radical (unpaired) electrons. The first-order valence-corrected chi connectivity index (χ1v) is 12.1. The highest BCUT2D eigenvalue weighted by Crippen LogP contribution is 2.19. The number of hydrogen-bond acceptors (Lipinski definition) is 2. The molecule has 2 nitrogen and oxygen atoms in total. The molecule has 2 atom stereocenters. The Kier molecular flexibility index (Phi) is 16.9. The van der Waals surface area contributed by atoms with E-state index in [1.54, 1.807) is 0 Å². The molecule has 1 aliphatic heterocycles. The van der Waals surface area contributed by atoms with Gasteiger partial charge in [0.1, 0.15) is 6.10 Å². The van der Waals surface area contributed by atoms with Crippen molar-refractivity contribution in [1.82, 2.24) is 0 Å². The quantitative estimate of drug-likeness (QED) is 0.167. The molecule has 156 valence electrons. The predicted octanol–water partition coefficient (Wildman–Crippen LogP) is 7.57. The van der Waals surface area contributed by atoms with Gasteiger partial charge in [0.05, 0.1) is 12.7 Å². The van der Waals surface area contributed by atoms with Gasteiger partial charge in [0.2, 0.25) is 0 Å². The van der Waals surface area contributed by atoms with Crippen LogP contribution < -0.4 is 0 Å². The van der Waals surface area contributed by atoms with Gasteiger partial charge in [0.25, 0.3) is 0 Å². The summed E-state index contributed by atoms with van der Waals surface area (Å²) < 4.78 is 5.11. The van der Waals surface area contributed by atoms with E-state index in [-0.39, 0.29) is 12.2 Å². The van der Waals surface area contributed by atoms with Crippen LogP contribution in [-0.2, 0) is 4.74 Å². The van der Waals surface area contributed by atoms with Gasteiger partial charge in [-0.15, -0.1) is 0 Å². The van der Waals surface area contributed by atoms with Crippen molar-refractivity contribution in [3.63, 3.8) is 0 Å². The Bertz CT molecular complexity index is 275. The molecule has 1 fully saturated rings. The van der Waals surface area contributed by atoms with Crippen LogP contribution in [0.4, 0.5) is 0 Å². The Balaban J connectivity index is 1.62. The molecule has 2 heteroatoms. The fourth-order valence-corrected chi connectivity index (χ4v) is 3.90. The maximum Gasteiger partial charge on any atom is 0.107 e. The highest BCUT2D eigenvalue weighted by Gasteiger charge is 2.30. The van der Waals surface area contributed by atoms with Gasteiger partial charge in [0, 0.05) is 0 Å². The van der Waals surface area contributed by atoms with E-state index in [0.717, 1.165) is 13.0 Å². The van der Waals surface area contributed by atoms with Gasteiger partial charge in [-0.05, 0) is 6.42 Å². The smallest absolute Gasteiger partial charge is 0.107 e. The third kappa shape index (κ3) is 16.1. The van der Waals surface area contributed by atoms with Crippen molar-refractivity contribution >= 4 is 0 Å². The molecule has 0 spiro atoms. The molecular formula is C24H48O2. The Labute approximate surface area is 164 Å². The minimum Gasteiger partial charge on any atom is -0.390 e. The third-order valence-electron chi connectivity index (χ3n) is 5.89. The third-order valence-corrected chi connectivity index (χ3v) is 5.89. The molecular weight excluding hydrogens is 320 g/mol. The lowest BCUT2D eigenvalue weighted by Crippen LogP contribution is -2.13. The number of aliphatic hydroxyl groups excluding tert-OH is 1. The maximum atomic E-state index is 9.71. The van der Waals surface area contributed by atoms with Crippen molar-refractivity contribution in [2.75, 3.05) is 6.61 Å². The molecule has 0 saturated carbocycles. The molecule has 0 aromatic carbocycles. The normalized spacial score (nSPS) is 17.5. The fraction of sp³-hybridized carbons (Fsp3) is 1.00. The van der Waals surface area contributed by atoms with Gasteiger partial charge in [-0.25, -0.2) is 0 Å². The van der Waals surface area contributed by atoms with Gasteiger partial charge in [-0.3, -0.25) is 0 Å². The van der Waals surface area contributed by atoms with E-state index in [4.69, 9.17) is 4.74 Å². The molecule has 1 aliphatic rings.